The first-order chi connectivity index (χ1) is 6.04. The normalized spacial score (nSPS) is 11.5. The second-order valence-electron chi connectivity index (χ2n) is 2.94. The van der Waals surface area contributed by atoms with Crippen LogP contribution in [0.2, 0.25) is 0 Å². The van der Waals surface area contributed by atoms with E-state index in [1.165, 1.54) is 0 Å². The fourth-order valence-electron chi connectivity index (χ4n) is 0.941. The van der Waals surface area contributed by atoms with E-state index in [2.05, 4.69) is 0 Å². The van der Waals surface area contributed by atoms with Crippen LogP contribution in [0.15, 0.2) is 0 Å². The Bertz CT molecular complexity index is 186. The van der Waals surface area contributed by atoms with Gasteiger partial charge in [-0.15, -0.1) is 12.4 Å². The summed E-state index contributed by atoms with van der Waals surface area (Å²) in [5.41, 5.74) is 5.24. The summed E-state index contributed by atoms with van der Waals surface area (Å²) in [6.07, 6.45) is 2.52. The number of unbranched alkanes of at least 4 members (excludes halogenated alkanes) is 2. The summed E-state index contributed by atoms with van der Waals surface area (Å²) in [7, 11) is 0. The third kappa shape index (κ3) is 9.28. The van der Waals surface area contributed by atoms with E-state index in [1.807, 2.05) is 0 Å². The van der Waals surface area contributed by atoms with Crippen LogP contribution in [0.5, 0.6) is 0 Å². The van der Waals surface area contributed by atoms with Crippen LogP contribution in [-0.2, 0) is 9.59 Å². The Labute approximate surface area is 88.7 Å². The average molecular weight is 226 g/mol. The molecule has 0 amide bonds. The highest BCUT2D eigenvalue weighted by molar-refractivity contribution is 5.85. The van der Waals surface area contributed by atoms with E-state index in [9.17, 15) is 9.59 Å². The zero-order valence-corrected chi connectivity index (χ0v) is 8.63. The van der Waals surface area contributed by atoms with Crippen LogP contribution in [0, 0.1) is 0 Å². The first-order valence-corrected chi connectivity index (χ1v) is 4.24. The van der Waals surface area contributed by atoms with Gasteiger partial charge >= 0.3 is 11.9 Å². The van der Waals surface area contributed by atoms with Crippen molar-refractivity contribution in [1.82, 2.24) is 0 Å². The lowest BCUT2D eigenvalue weighted by Gasteiger charge is -2.04. The number of hydrogen-bond donors (Lipinski definition) is 3. The van der Waals surface area contributed by atoms with Crippen molar-refractivity contribution in [3.8, 4) is 0 Å². The van der Waals surface area contributed by atoms with Gasteiger partial charge in [0, 0.05) is 6.42 Å². The monoisotopic (exact) mass is 225 g/mol. The van der Waals surface area contributed by atoms with Crippen LogP contribution in [0.1, 0.15) is 32.1 Å². The molecule has 0 aliphatic carbocycles. The molecule has 0 aromatic rings. The van der Waals surface area contributed by atoms with Gasteiger partial charge in [-0.2, -0.15) is 0 Å². The molecule has 0 radical (unpaired) electrons. The Morgan fingerprint density at radius 2 is 1.71 bits per heavy atom. The fourth-order valence-corrected chi connectivity index (χ4v) is 0.941. The number of nitrogens with two attached hydrogens (primary N) is 1. The molecular formula is C8H16ClNO4. The third-order valence-electron chi connectivity index (χ3n) is 1.72. The van der Waals surface area contributed by atoms with E-state index in [4.69, 9.17) is 15.9 Å². The fraction of sp³-hybridized carbons (Fsp3) is 0.750. The van der Waals surface area contributed by atoms with Crippen molar-refractivity contribution in [3.63, 3.8) is 0 Å². The molecule has 0 rings (SSSR count). The maximum absolute atomic E-state index is 10.3. The van der Waals surface area contributed by atoms with Gasteiger partial charge in [0.05, 0.1) is 0 Å². The van der Waals surface area contributed by atoms with Crippen LogP contribution in [0.3, 0.4) is 0 Å². The van der Waals surface area contributed by atoms with Crippen molar-refractivity contribution in [2.45, 2.75) is 38.1 Å². The largest absolute Gasteiger partial charge is 0.481 e. The highest BCUT2D eigenvalue weighted by Gasteiger charge is 2.09. The predicted octanol–water partition coefficient (Wildman–Crippen LogP) is 0.855. The zero-order valence-electron chi connectivity index (χ0n) is 7.81. The number of rotatable bonds is 7. The molecule has 0 bridgehead atoms. The van der Waals surface area contributed by atoms with Gasteiger partial charge in [-0.25, -0.2) is 0 Å². The van der Waals surface area contributed by atoms with E-state index in [0.29, 0.717) is 25.7 Å². The van der Waals surface area contributed by atoms with Gasteiger partial charge < -0.3 is 15.9 Å². The van der Waals surface area contributed by atoms with Crippen LogP contribution in [-0.4, -0.2) is 28.2 Å². The molecule has 0 heterocycles. The first-order valence-electron chi connectivity index (χ1n) is 4.24. The average Bonchev–Trinajstić information content (AvgIpc) is 2.02. The molecule has 0 aliphatic rings. The summed E-state index contributed by atoms with van der Waals surface area (Å²) in [4.78, 5) is 20.3. The molecule has 0 aromatic heterocycles. The minimum Gasteiger partial charge on any atom is -0.481 e. The number of carbonyl (C=O) groups is 2. The van der Waals surface area contributed by atoms with E-state index in [1.54, 1.807) is 0 Å². The highest BCUT2D eigenvalue weighted by atomic mass is 35.5. The molecule has 0 aromatic carbocycles. The number of halogens is 1. The van der Waals surface area contributed by atoms with Crippen molar-refractivity contribution < 1.29 is 19.8 Å². The second-order valence-corrected chi connectivity index (χ2v) is 2.94. The van der Waals surface area contributed by atoms with Crippen LogP contribution in [0.4, 0.5) is 0 Å². The molecule has 5 nitrogen and oxygen atoms in total. The van der Waals surface area contributed by atoms with E-state index in [-0.39, 0.29) is 18.8 Å². The van der Waals surface area contributed by atoms with E-state index < -0.39 is 18.0 Å². The Kier molecular flexibility index (Phi) is 9.81. The van der Waals surface area contributed by atoms with Gasteiger partial charge in [0.1, 0.15) is 6.04 Å². The number of aliphatic carboxylic acids is 2. The summed E-state index contributed by atoms with van der Waals surface area (Å²) < 4.78 is 0. The zero-order chi connectivity index (χ0) is 10.3. The van der Waals surface area contributed by atoms with E-state index in [0.717, 1.165) is 0 Å². The van der Waals surface area contributed by atoms with Crippen molar-refractivity contribution in [2.24, 2.45) is 5.73 Å². The van der Waals surface area contributed by atoms with Crippen molar-refractivity contribution in [2.75, 3.05) is 0 Å². The molecule has 0 aliphatic heterocycles. The smallest absolute Gasteiger partial charge is 0.320 e. The molecule has 0 saturated heterocycles. The number of carboxylic acid groups (broad SMARTS) is 2. The first kappa shape index (κ1) is 15.7. The SMILES string of the molecule is Cl.N[C@@H](CCCCCC(=O)O)C(=O)O. The molecule has 0 unspecified atom stereocenters. The van der Waals surface area contributed by atoms with Gasteiger partial charge in [-0.3, -0.25) is 9.59 Å². The van der Waals surface area contributed by atoms with Gasteiger partial charge in [-0.05, 0) is 12.8 Å². The highest BCUT2D eigenvalue weighted by Crippen LogP contribution is 2.04. The summed E-state index contributed by atoms with van der Waals surface area (Å²) in [6.45, 7) is 0. The molecular weight excluding hydrogens is 210 g/mol. The molecule has 14 heavy (non-hydrogen) atoms. The number of hydrogen-bond acceptors (Lipinski definition) is 3. The summed E-state index contributed by atoms with van der Waals surface area (Å²) in [5.74, 6) is -1.82. The standard InChI is InChI=1S/C8H15NO4.ClH/c9-6(8(12)13)4-2-1-3-5-7(10)11;/h6H,1-5,9H2,(H,10,11)(H,12,13);1H/t6-;/m0./s1. The number of carboxylic acids is 2. The Morgan fingerprint density at radius 1 is 1.14 bits per heavy atom. The maximum Gasteiger partial charge on any atom is 0.320 e. The minimum absolute atomic E-state index is 0. The lowest BCUT2D eigenvalue weighted by molar-refractivity contribution is -0.139. The summed E-state index contributed by atoms with van der Waals surface area (Å²) in [6, 6.07) is -0.815. The molecule has 6 heteroatoms. The second kappa shape index (κ2) is 8.77. The summed E-state index contributed by atoms with van der Waals surface area (Å²) >= 11 is 0. The van der Waals surface area contributed by atoms with Gasteiger partial charge in [0.25, 0.3) is 0 Å². The van der Waals surface area contributed by atoms with Crippen LogP contribution >= 0.6 is 12.4 Å². The van der Waals surface area contributed by atoms with E-state index >= 15 is 0 Å². The quantitative estimate of drug-likeness (QED) is 0.558. The molecule has 0 spiro atoms. The summed E-state index contributed by atoms with van der Waals surface area (Å²) in [5, 5.41) is 16.7. The Balaban J connectivity index is 0. The third-order valence-corrected chi connectivity index (χ3v) is 1.72. The van der Waals surface area contributed by atoms with Crippen LogP contribution in [0.25, 0.3) is 0 Å². The topological polar surface area (TPSA) is 101 Å². The lowest BCUT2D eigenvalue weighted by Crippen LogP contribution is -2.29. The maximum atomic E-state index is 10.3. The van der Waals surface area contributed by atoms with Crippen molar-refractivity contribution in [3.05, 3.63) is 0 Å². The molecule has 4 N–H and O–H groups in total. The molecule has 0 fully saturated rings. The molecule has 0 saturated carbocycles. The molecule has 84 valence electrons. The Hall–Kier alpha value is -0.810. The molecule has 1 atom stereocenters. The van der Waals surface area contributed by atoms with Gasteiger partial charge in [-0.1, -0.05) is 12.8 Å². The van der Waals surface area contributed by atoms with Crippen molar-refractivity contribution >= 4 is 24.3 Å². The lowest BCUT2D eigenvalue weighted by atomic mass is 10.1. The minimum atomic E-state index is -1.00. The van der Waals surface area contributed by atoms with Gasteiger partial charge in [0.15, 0.2) is 0 Å². The van der Waals surface area contributed by atoms with Crippen molar-refractivity contribution in [1.29, 1.82) is 0 Å². The van der Waals surface area contributed by atoms with Crippen LogP contribution < -0.4 is 5.73 Å². The Morgan fingerprint density at radius 3 is 2.14 bits per heavy atom. The predicted molar refractivity (Wildman–Crippen MR) is 53.6 cm³/mol. The van der Waals surface area contributed by atoms with Gasteiger partial charge in [0.2, 0.25) is 0 Å².